The van der Waals surface area contributed by atoms with Crippen molar-refractivity contribution in [2.75, 3.05) is 6.54 Å². The minimum Gasteiger partial charge on any atom is -0.351 e. The molecular formula is C20H18F6N2O. The van der Waals surface area contributed by atoms with Crippen molar-refractivity contribution in [3.05, 3.63) is 70.8 Å². The fraction of sp³-hybridized carbons (Fsp3) is 0.350. The quantitative estimate of drug-likeness (QED) is 0.722. The molecule has 0 bridgehead atoms. The van der Waals surface area contributed by atoms with Crippen LogP contribution in [0, 0.1) is 0 Å². The van der Waals surface area contributed by atoms with Crippen molar-refractivity contribution >= 4 is 5.91 Å². The molecule has 1 aliphatic heterocycles. The van der Waals surface area contributed by atoms with E-state index >= 15 is 0 Å². The second-order valence-corrected chi connectivity index (χ2v) is 6.94. The van der Waals surface area contributed by atoms with E-state index in [0.717, 1.165) is 5.56 Å². The molecule has 2 aromatic carbocycles. The van der Waals surface area contributed by atoms with Gasteiger partial charge in [-0.2, -0.15) is 26.3 Å². The fourth-order valence-corrected chi connectivity index (χ4v) is 3.35. The Bertz CT molecular complexity index is 831. The molecule has 0 aliphatic carbocycles. The molecule has 2 atom stereocenters. The number of alkyl halides is 6. The van der Waals surface area contributed by atoms with Gasteiger partial charge in [-0.3, -0.25) is 4.79 Å². The fourth-order valence-electron chi connectivity index (χ4n) is 3.35. The molecule has 29 heavy (non-hydrogen) atoms. The summed E-state index contributed by atoms with van der Waals surface area (Å²) in [6.07, 6.45) is -9.35. The van der Waals surface area contributed by atoms with Gasteiger partial charge in [0.1, 0.15) is 0 Å². The molecule has 0 unspecified atom stereocenters. The van der Waals surface area contributed by atoms with Crippen molar-refractivity contribution in [1.82, 2.24) is 10.6 Å². The van der Waals surface area contributed by atoms with E-state index in [0.29, 0.717) is 25.1 Å². The van der Waals surface area contributed by atoms with E-state index in [-0.39, 0.29) is 17.5 Å². The first kappa shape index (κ1) is 21.2. The van der Waals surface area contributed by atoms with Crippen LogP contribution in [-0.4, -0.2) is 18.5 Å². The summed E-state index contributed by atoms with van der Waals surface area (Å²) < 4.78 is 77.5. The van der Waals surface area contributed by atoms with Crippen molar-refractivity contribution in [1.29, 1.82) is 0 Å². The molecule has 0 radical (unpaired) electrons. The van der Waals surface area contributed by atoms with Crippen molar-refractivity contribution in [3.63, 3.8) is 0 Å². The van der Waals surface area contributed by atoms with Crippen LogP contribution in [0.5, 0.6) is 0 Å². The zero-order valence-electron chi connectivity index (χ0n) is 15.1. The van der Waals surface area contributed by atoms with Gasteiger partial charge in [0.15, 0.2) is 0 Å². The van der Waals surface area contributed by atoms with E-state index in [2.05, 4.69) is 10.6 Å². The van der Waals surface area contributed by atoms with Gasteiger partial charge in [0, 0.05) is 13.1 Å². The molecule has 1 fully saturated rings. The number of carbonyl (C=O) groups excluding carboxylic acids is 1. The Morgan fingerprint density at radius 2 is 1.55 bits per heavy atom. The number of carbonyl (C=O) groups is 1. The van der Waals surface area contributed by atoms with Gasteiger partial charge in [0.05, 0.1) is 17.2 Å². The summed E-state index contributed by atoms with van der Waals surface area (Å²) in [6, 6.07) is 10.3. The highest BCUT2D eigenvalue weighted by molar-refractivity contribution is 5.82. The van der Waals surface area contributed by atoms with Gasteiger partial charge in [-0.1, -0.05) is 30.3 Å². The predicted octanol–water partition coefficient (Wildman–Crippen LogP) is 4.49. The Balaban J connectivity index is 1.67. The SMILES string of the molecule is O=C(NCc1cc(C(F)(F)F)cc(C(F)(F)F)c1)[C@@H]1C[C@@H](c2ccccc2)CN1. The maximum atomic E-state index is 12.9. The van der Waals surface area contributed by atoms with Crippen molar-refractivity contribution in [2.45, 2.75) is 37.3 Å². The molecule has 0 saturated carbocycles. The zero-order valence-corrected chi connectivity index (χ0v) is 15.1. The van der Waals surface area contributed by atoms with Gasteiger partial charge in [-0.15, -0.1) is 0 Å². The molecule has 2 aromatic rings. The van der Waals surface area contributed by atoms with Crippen LogP contribution in [0.15, 0.2) is 48.5 Å². The molecule has 1 saturated heterocycles. The molecule has 2 N–H and O–H groups in total. The standard InChI is InChI=1S/C20H18F6N2O/c21-19(22,23)15-6-12(7-16(9-15)20(24,25)26)10-28-18(29)17-8-14(11-27-17)13-4-2-1-3-5-13/h1-7,9,14,17,27H,8,10-11H2,(H,28,29)/t14-,17+/m1/s1. The summed E-state index contributed by atoms with van der Waals surface area (Å²) in [5.74, 6) is -0.355. The highest BCUT2D eigenvalue weighted by Crippen LogP contribution is 2.36. The number of hydrogen-bond donors (Lipinski definition) is 2. The number of nitrogens with one attached hydrogen (secondary N) is 2. The van der Waals surface area contributed by atoms with Gasteiger partial charge in [0.25, 0.3) is 0 Å². The summed E-state index contributed by atoms with van der Waals surface area (Å²) in [6.45, 7) is 0.129. The van der Waals surface area contributed by atoms with Crippen LogP contribution in [-0.2, 0) is 23.7 Å². The lowest BCUT2D eigenvalue weighted by Gasteiger charge is -2.16. The first-order valence-corrected chi connectivity index (χ1v) is 8.88. The van der Waals surface area contributed by atoms with Crippen LogP contribution >= 0.6 is 0 Å². The Labute approximate surface area is 163 Å². The topological polar surface area (TPSA) is 41.1 Å². The normalized spacial score (nSPS) is 19.9. The second kappa shape index (κ2) is 8.06. The van der Waals surface area contributed by atoms with Crippen molar-refractivity contribution < 1.29 is 31.1 Å². The van der Waals surface area contributed by atoms with Gasteiger partial charge in [0.2, 0.25) is 5.91 Å². The largest absolute Gasteiger partial charge is 0.416 e. The molecular weight excluding hydrogens is 398 g/mol. The summed E-state index contributed by atoms with van der Waals surface area (Å²) in [5, 5.41) is 5.47. The molecule has 1 heterocycles. The second-order valence-electron chi connectivity index (χ2n) is 6.94. The third kappa shape index (κ3) is 5.29. The lowest BCUT2D eigenvalue weighted by molar-refractivity contribution is -0.143. The Morgan fingerprint density at radius 3 is 2.10 bits per heavy atom. The number of amides is 1. The van der Waals surface area contributed by atoms with E-state index in [1.54, 1.807) is 0 Å². The lowest BCUT2D eigenvalue weighted by atomic mass is 9.96. The zero-order chi connectivity index (χ0) is 21.2. The third-order valence-electron chi connectivity index (χ3n) is 4.83. The maximum absolute atomic E-state index is 12.9. The first-order valence-electron chi connectivity index (χ1n) is 8.88. The molecule has 0 aromatic heterocycles. The highest BCUT2D eigenvalue weighted by atomic mass is 19.4. The summed E-state index contributed by atoms with van der Waals surface area (Å²) in [4.78, 5) is 12.3. The summed E-state index contributed by atoms with van der Waals surface area (Å²) in [5.41, 5.74) is -2.01. The molecule has 3 nitrogen and oxygen atoms in total. The number of halogens is 6. The predicted molar refractivity (Wildman–Crippen MR) is 93.9 cm³/mol. The Morgan fingerprint density at radius 1 is 0.966 bits per heavy atom. The molecule has 1 aliphatic rings. The monoisotopic (exact) mass is 416 g/mol. The molecule has 156 valence electrons. The van der Waals surface area contributed by atoms with Gasteiger partial charge in [-0.05, 0) is 41.7 Å². The number of hydrogen-bond acceptors (Lipinski definition) is 2. The number of benzene rings is 2. The van der Waals surface area contributed by atoms with Crippen LogP contribution in [0.25, 0.3) is 0 Å². The van der Waals surface area contributed by atoms with Crippen molar-refractivity contribution in [3.8, 4) is 0 Å². The molecule has 0 spiro atoms. The van der Waals surface area contributed by atoms with Gasteiger partial charge in [-0.25, -0.2) is 0 Å². The Kier molecular flexibility index (Phi) is 5.88. The minimum atomic E-state index is -4.92. The van der Waals surface area contributed by atoms with Crippen molar-refractivity contribution in [2.24, 2.45) is 0 Å². The first-order chi connectivity index (χ1) is 13.5. The van der Waals surface area contributed by atoms with E-state index in [1.165, 1.54) is 0 Å². The van der Waals surface area contributed by atoms with Gasteiger partial charge >= 0.3 is 12.4 Å². The van der Waals surface area contributed by atoms with E-state index < -0.39 is 42.0 Å². The lowest BCUT2D eigenvalue weighted by Crippen LogP contribution is -2.40. The van der Waals surface area contributed by atoms with Crippen LogP contribution in [0.4, 0.5) is 26.3 Å². The van der Waals surface area contributed by atoms with E-state index in [4.69, 9.17) is 0 Å². The third-order valence-corrected chi connectivity index (χ3v) is 4.83. The van der Waals surface area contributed by atoms with E-state index in [1.807, 2.05) is 30.3 Å². The van der Waals surface area contributed by atoms with E-state index in [9.17, 15) is 31.1 Å². The average molecular weight is 416 g/mol. The van der Waals surface area contributed by atoms with Crippen LogP contribution < -0.4 is 10.6 Å². The molecule has 1 amide bonds. The molecule has 3 rings (SSSR count). The van der Waals surface area contributed by atoms with Crippen LogP contribution in [0.3, 0.4) is 0 Å². The summed E-state index contributed by atoms with van der Waals surface area (Å²) in [7, 11) is 0. The smallest absolute Gasteiger partial charge is 0.351 e. The number of rotatable bonds is 4. The Hall–Kier alpha value is -2.55. The highest BCUT2D eigenvalue weighted by Gasteiger charge is 2.37. The van der Waals surface area contributed by atoms with Crippen LogP contribution in [0.2, 0.25) is 0 Å². The molecule has 9 heteroatoms. The van der Waals surface area contributed by atoms with Crippen LogP contribution in [0.1, 0.15) is 34.6 Å². The maximum Gasteiger partial charge on any atom is 0.416 e. The minimum absolute atomic E-state index is 0.0638. The summed E-state index contributed by atoms with van der Waals surface area (Å²) >= 11 is 0. The van der Waals surface area contributed by atoms with Gasteiger partial charge < -0.3 is 10.6 Å². The average Bonchev–Trinajstić information content (AvgIpc) is 3.15.